The average Bonchev–Trinajstić information content (AvgIpc) is 2.51. The van der Waals surface area contributed by atoms with Crippen molar-refractivity contribution in [2.45, 2.75) is 44.7 Å². The van der Waals surface area contributed by atoms with Crippen molar-refractivity contribution in [2.24, 2.45) is 0 Å². The second-order valence-electron chi connectivity index (χ2n) is 6.59. The normalized spacial score (nSPS) is 23.0. The van der Waals surface area contributed by atoms with Gasteiger partial charge in [-0.15, -0.1) is 0 Å². The predicted molar refractivity (Wildman–Crippen MR) is 88.3 cm³/mol. The van der Waals surface area contributed by atoms with Crippen LogP contribution in [0.1, 0.15) is 37.7 Å². The molecule has 0 amide bonds. The molecule has 1 aliphatic heterocycles. The summed E-state index contributed by atoms with van der Waals surface area (Å²) in [7, 11) is 2.16. The van der Waals surface area contributed by atoms with Gasteiger partial charge >= 0.3 is 0 Å². The van der Waals surface area contributed by atoms with Crippen LogP contribution in [0.3, 0.4) is 0 Å². The molecule has 1 saturated carbocycles. The molecule has 1 saturated heterocycles. The maximum absolute atomic E-state index is 2.75. The Morgan fingerprint density at radius 3 is 2.20 bits per heavy atom. The molecule has 1 aliphatic carbocycles. The zero-order chi connectivity index (χ0) is 13.8. The van der Waals surface area contributed by atoms with Gasteiger partial charge in [0.25, 0.3) is 0 Å². The van der Waals surface area contributed by atoms with Gasteiger partial charge in [0.2, 0.25) is 0 Å². The third kappa shape index (κ3) is 3.65. The van der Waals surface area contributed by atoms with Crippen LogP contribution in [0.4, 0.5) is 0 Å². The fraction of sp³-hybridized carbons (Fsp3) is 0.647. The van der Waals surface area contributed by atoms with Crippen LogP contribution in [-0.4, -0.2) is 49.9 Å². The van der Waals surface area contributed by atoms with Crippen molar-refractivity contribution in [1.29, 1.82) is 0 Å². The minimum absolute atomic E-state index is 0.894. The number of benzene rings is 1. The number of hydrogen-bond donors (Lipinski definition) is 0. The lowest BCUT2D eigenvalue weighted by atomic mass is 9.93. The van der Waals surface area contributed by atoms with Gasteiger partial charge in [-0.1, -0.05) is 49.0 Å². The molecule has 0 spiro atoms. The summed E-state index contributed by atoms with van der Waals surface area (Å²) in [4.78, 5) is 5.37. The van der Waals surface area contributed by atoms with Gasteiger partial charge in [0.05, 0.1) is 0 Å². The highest BCUT2D eigenvalue weighted by Crippen LogP contribution is 2.23. The first kappa shape index (κ1) is 14.2. The largest absolute Gasteiger partial charge is 0.298 e. The first-order valence-electron chi connectivity index (χ1n) is 8.33. The van der Waals surface area contributed by atoms with Gasteiger partial charge in [0.15, 0.2) is 0 Å². The molecular weight excluding hydrogens is 243 g/mol. The quantitative estimate of drug-likeness (QED) is 0.766. The van der Waals surface area contributed by atoms with Gasteiger partial charge < -0.3 is 0 Å². The molecule has 0 atom stereocenters. The molecule has 1 aromatic carbocycles. The molecule has 3 heteroatoms. The summed E-state index contributed by atoms with van der Waals surface area (Å²) in [6.07, 6.45) is 7.25. The Kier molecular flexibility index (Phi) is 4.79. The molecule has 2 nitrogen and oxygen atoms in total. The molecular formula is C17H27BN2. The lowest BCUT2D eigenvalue weighted by molar-refractivity contribution is 0.0755. The van der Waals surface area contributed by atoms with E-state index in [0.29, 0.717) is 0 Å². The third-order valence-corrected chi connectivity index (χ3v) is 5.02. The number of nitrogens with zero attached hydrogens (tertiary/aromatic N) is 2. The van der Waals surface area contributed by atoms with E-state index in [-0.39, 0.29) is 0 Å². The summed E-state index contributed by atoms with van der Waals surface area (Å²) < 4.78 is 0. The second-order valence-corrected chi connectivity index (χ2v) is 6.59. The van der Waals surface area contributed by atoms with Gasteiger partial charge in [-0.2, -0.15) is 0 Å². The molecule has 0 unspecified atom stereocenters. The molecule has 2 aliphatic rings. The van der Waals surface area contributed by atoms with E-state index >= 15 is 0 Å². The van der Waals surface area contributed by atoms with E-state index in [0.717, 1.165) is 12.6 Å². The van der Waals surface area contributed by atoms with Crippen molar-refractivity contribution in [3.63, 3.8) is 0 Å². The summed E-state index contributed by atoms with van der Waals surface area (Å²) in [6, 6.07) is 9.91. The topological polar surface area (TPSA) is 6.48 Å². The van der Waals surface area contributed by atoms with E-state index in [1.165, 1.54) is 69.3 Å². The molecule has 0 N–H and O–H groups in total. The van der Waals surface area contributed by atoms with Crippen molar-refractivity contribution < 1.29 is 0 Å². The number of hydrogen-bond acceptors (Lipinski definition) is 2. The highest BCUT2D eigenvalue weighted by molar-refractivity contribution is 6.32. The molecule has 20 heavy (non-hydrogen) atoms. The summed E-state index contributed by atoms with van der Waals surface area (Å²) in [5, 5.41) is 0. The van der Waals surface area contributed by atoms with E-state index in [9.17, 15) is 0 Å². The Morgan fingerprint density at radius 1 is 0.900 bits per heavy atom. The van der Waals surface area contributed by atoms with Gasteiger partial charge in [0.1, 0.15) is 7.85 Å². The molecule has 3 rings (SSSR count). The standard InChI is InChI=1S/C17H27BN2/c18-16-8-6-15(7-9-16)14-19-10-12-20(13-11-19)17-4-2-1-3-5-17/h6-9,17H,1-5,10-14,18H2. The zero-order valence-corrected chi connectivity index (χ0v) is 12.9. The Hall–Kier alpha value is -0.795. The lowest BCUT2D eigenvalue weighted by Gasteiger charge is -2.40. The Labute approximate surface area is 124 Å². The minimum atomic E-state index is 0.894. The van der Waals surface area contributed by atoms with Crippen LogP contribution in [0.5, 0.6) is 0 Å². The van der Waals surface area contributed by atoms with Crippen molar-refractivity contribution in [3.05, 3.63) is 29.8 Å². The molecule has 1 aromatic rings. The summed E-state index contributed by atoms with van der Waals surface area (Å²) in [5.41, 5.74) is 2.82. The average molecular weight is 270 g/mol. The second kappa shape index (κ2) is 6.77. The molecule has 2 fully saturated rings. The highest BCUT2D eigenvalue weighted by Gasteiger charge is 2.24. The van der Waals surface area contributed by atoms with Crippen LogP contribution in [0.15, 0.2) is 24.3 Å². The van der Waals surface area contributed by atoms with Gasteiger partial charge in [-0.25, -0.2) is 0 Å². The molecule has 0 bridgehead atoms. The van der Waals surface area contributed by atoms with Gasteiger partial charge in [0, 0.05) is 38.8 Å². The van der Waals surface area contributed by atoms with Crippen LogP contribution < -0.4 is 5.46 Å². The Bertz CT molecular complexity index is 404. The first-order valence-corrected chi connectivity index (χ1v) is 8.33. The maximum Gasteiger partial charge on any atom is 0.139 e. The monoisotopic (exact) mass is 270 g/mol. The van der Waals surface area contributed by atoms with E-state index in [2.05, 4.69) is 41.9 Å². The van der Waals surface area contributed by atoms with Crippen molar-refractivity contribution in [2.75, 3.05) is 26.2 Å². The van der Waals surface area contributed by atoms with E-state index in [1.807, 2.05) is 0 Å². The number of piperazine rings is 1. The summed E-state index contributed by atoms with van der Waals surface area (Å²) in [6.45, 7) is 6.15. The van der Waals surface area contributed by atoms with Crippen LogP contribution >= 0.6 is 0 Å². The Balaban J connectivity index is 1.47. The van der Waals surface area contributed by atoms with Crippen molar-refractivity contribution in [3.8, 4) is 0 Å². The Morgan fingerprint density at radius 2 is 1.55 bits per heavy atom. The fourth-order valence-electron chi connectivity index (χ4n) is 3.68. The first-order chi connectivity index (χ1) is 9.81. The van der Waals surface area contributed by atoms with E-state index in [1.54, 1.807) is 0 Å². The SMILES string of the molecule is Bc1ccc(CN2CCN(C3CCCCC3)CC2)cc1. The van der Waals surface area contributed by atoms with Crippen molar-refractivity contribution in [1.82, 2.24) is 9.80 Å². The fourth-order valence-corrected chi connectivity index (χ4v) is 3.68. The third-order valence-electron chi connectivity index (χ3n) is 5.02. The van der Waals surface area contributed by atoms with Crippen molar-refractivity contribution >= 4 is 13.3 Å². The number of rotatable bonds is 3. The van der Waals surface area contributed by atoms with Crippen LogP contribution in [0.25, 0.3) is 0 Å². The summed E-state index contributed by atoms with van der Waals surface area (Å²) in [5.74, 6) is 0. The van der Waals surface area contributed by atoms with Gasteiger partial charge in [-0.3, -0.25) is 9.80 Å². The van der Waals surface area contributed by atoms with E-state index < -0.39 is 0 Å². The maximum atomic E-state index is 2.75. The molecule has 108 valence electrons. The van der Waals surface area contributed by atoms with Gasteiger partial charge in [-0.05, 0) is 18.4 Å². The summed E-state index contributed by atoms with van der Waals surface area (Å²) >= 11 is 0. The zero-order valence-electron chi connectivity index (χ0n) is 12.9. The molecule has 0 radical (unpaired) electrons. The predicted octanol–water partition coefficient (Wildman–Crippen LogP) is 1.40. The van der Waals surface area contributed by atoms with Crippen LogP contribution in [-0.2, 0) is 6.54 Å². The van der Waals surface area contributed by atoms with Crippen LogP contribution in [0, 0.1) is 0 Å². The highest BCUT2D eigenvalue weighted by atomic mass is 15.3. The smallest absolute Gasteiger partial charge is 0.139 e. The molecule has 0 aromatic heterocycles. The minimum Gasteiger partial charge on any atom is -0.298 e. The lowest BCUT2D eigenvalue weighted by Crippen LogP contribution is -2.50. The van der Waals surface area contributed by atoms with E-state index in [4.69, 9.17) is 0 Å². The van der Waals surface area contributed by atoms with Crippen LogP contribution in [0.2, 0.25) is 0 Å². The molecule has 1 heterocycles.